The Bertz CT molecular complexity index is 933. The fourth-order valence-electron chi connectivity index (χ4n) is 2.89. The number of para-hydroxylation sites is 2. The van der Waals surface area contributed by atoms with Gasteiger partial charge in [-0.1, -0.05) is 42.5 Å². The smallest absolute Gasteiger partial charge is 0.258 e. The van der Waals surface area contributed by atoms with Gasteiger partial charge in [0.1, 0.15) is 6.54 Å². The van der Waals surface area contributed by atoms with Gasteiger partial charge in [-0.05, 0) is 35.0 Å². The van der Waals surface area contributed by atoms with Crippen molar-refractivity contribution >= 4 is 34.0 Å². The Morgan fingerprint density at radius 2 is 1.65 bits per heavy atom. The van der Waals surface area contributed by atoms with Crippen LogP contribution in [-0.4, -0.2) is 18.4 Å². The van der Waals surface area contributed by atoms with E-state index in [1.165, 1.54) is 4.90 Å². The van der Waals surface area contributed by atoms with Crippen molar-refractivity contribution in [2.24, 2.45) is 0 Å². The summed E-state index contributed by atoms with van der Waals surface area (Å²) >= 11 is 0. The fraction of sp³-hybridized carbons (Fsp3) is 0.0526. The summed E-state index contributed by atoms with van der Waals surface area (Å²) in [7, 11) is 0. The van der Waals surface area contributed by atoms with Crippen molar-refractivity contribution in [1.82, 2.24) is 0 Å². The summed E-state index contributed by atoms with van der Waals surface area (Å²) < 4.78 is 0. The van der Waals surface area contributed by atoms with Crippen molar-refractivity contribution in [1.29, 1.82) is 0 Å². The maximum absolute atomic E-state index is 12.9. The Balaban J connectivity index is 1.77. The molecule has 0 bridgehead atoms. The number of hydrogen-bond donors (Lipinski definition) is 1. The van der Waals surface area contributed by atoms with Crippen LogP contribution in [0.4, 0.5) is 11.4 Å². The van der Waals surface area contributed by atoms with Crippen molar-refractivity contribution in [3.8, 4) is 0 Å². The van der Waals surface area contributed by atoms with Crippen LogP contribution >= 0.6 is 0 Å². The highest BCUT2D eigenvalue weighted by atomic mass is 16.2. The molecule has 0 saturated carbocycles. The Kier molecular flexibility index (Phi) is 3.08. The molecule has 0 radical (unpaired) electrons. The molecule has 4 heteroatoms. The fourth-order valence-corrected chi connectivity index (χ4v) is 2.89. The first kappa shape index (κ1) is 13.5. The minimum absolute atomic E-state index is 0.0304. The van der Waals surface area contributed by atoms with E-state index in [2.05, 4.69) is 5.32 Å². The second-order valence-corrected chi connectivity index (χ2v) is 5.52. The molecule has 0 aliphatic carbocycles. The Hall–Kier alpha value is -3.14. The number of anilines is 2. The molecule has 1 aliphatic heterocycles. The number of nitrogens with zero attached hydrogens (tertiary/aromatic N) is 1. The number of carbonyl (C=O) groups excluding carboxylic acids is 2. The second-order valence-electron chi connectivity index (χ2n) is 5.52. The summed E-state index contributed by atoms with van der Waals surface area (Å²) in [6.45, 7) is 0.0304. The van der Waals surface area contributed by atoms with Crippen LogP contribution in [0.15, 0.2) is 66.7 Å². The lowest BCUT2D eigenvalue weighted by molar-refractivity contribution is -0.115. The predicted molar refractivity (Wildman–Crippen MR) is 90.7 cm³/mol. The molecular weight excluding hydrogens is 288 g/mol. The van der Waals surface area contributed by atoms with Crippen molar-refractivity contribution in [3.05, 3.63) is 72.3 Å². The van der Waals surface area contributed by atoms with Crippen LogP contribution in [0.3, 0.4) is 0 Å². The van der Waals surface area contributed by atoms with E-state index in [0.717, 1.165) is 16.5 Å². The average Bonchev–Trinajstić information content (AvgIpc) is 2.60. The molecular formula is C19H14N2O2. The lowest BCUT2D eigenvalue weighted by Gasteiger charge is -2.29. The highest BCUT2D eigenvalue weighted by Crippen LogP contribution is 2.30. The molecule has 112 valence electrons. The van der Waals surface area contributed by atoms with E-state index in [0.29, 0.717) is 11.3 Å². The van der Waals surface area contributed by atoms with E-state index < -0.39 is 0 Å². The van der Waals surface area contributed by atoms with Gasteiger partial charge in [-0.3, -0.25) is 14.5 Å². The third kappa shape index (κ3) is 2.34. The Morgan fingerprint density at radius 1 is 0.913 bits per heavy atom. The molecule has 1 heterocycles. The summed E-state index contributed by atoms with van der Waals surface area (Å²) in [5.74, 6) is -0.351. The first-order valence-electron chi connectivity index (χ1n) is 7.42. The van der Waals surface area contributed by atoms with Crippen LogP contribution < -0.4 is 10.2 Å². The molecule has 4 nitrogen and oxygen atoms in total. The van der Waals surface area contributed by atoms with Gasteiger partial charge < -0.3 is 5.32 Å². The van der Waals surface area contributed by atoms with E-state index in [1.54, 1.807) is 12.1 Å². The molecule has 2 amide bonds. The molecule has 1 N–H and O–H groups in total. The van der Waals surface area contributed by atoms with Crippen molar-refractivity contribution < 1.29 is 9.59 Å². The summed E-state index contributed by atoms with van der Waals surface area (Å²) in [5.41, 5.74) is 1.97. The van der Waals surface area contributed by atoms with Gasteiger partial charge in [0.2, 0.25) is 5.91 Å². The topological polar surface area (TPSA) is 49.4 Å². The minimum Gasteiger partial charge on any atom is -0.323 e. The summed E-state index contributed by atoms with van der Waals surface area (Å²) in [6.07, 6.45) is 0. The van der Waals surface area contributed by atoms with Gasteiger partial charge >= 0.3 is 0 Å². The molecule has 0 fully saturated rings. The number of amides is 2. The molecule has 0 spiro atoms. The molecule has 0 aromatic heterocycles. The van der Waals surface area contributed by atoms with Crippen LogP contribution in [0.5, 0.6) is 0 Å². The molecule has 0 unspecified atom stereocenters. The lowest BCUT2D eigenvalue weighted by Crippen LogP contribution is -2.42. The maximum atomic E-state index is 12.9. The van der Waals surface area contributed by atoms with Crippen LogP contribution in [0.1, 0.15) is 10.4 Å². The normalized spacial score (nSPS) is 13.6. The molecule has 23 heavy (non-hydrogen) atoms. The largest absolute Gasteiger partial charge is 0.323 e. The zero-order valence-corrected chi connectivity index (χ0v) is 12.3. The Labute approximate surface area is 133 Å². The SMILES string of the molecule is O=C1CN(C(=O)c2ccc3ccccc3c2)c2ccccc2N1. The predicted octanol–water partition coefficient (Wildman–Crippen LogP) is 3.44. The quantitative estimate of drug-likeness (QED) is 0.748. The van der Waals surface area contributed by atoms with Crippen LogP contribution in [0, 0.1) is 0 Å². The minimum atomic E-state index is -0.183. The number of nitrogens with one attached hydrogen (secondary N) is 1. The summed E-state index contributed by atoms with van der Waals surface area (Å²) in [4.78, 5) is 26.3. The van der Waals surface area contributed by atoms with E-state index in [4.69, 9.17) is 0 Å². The number of rotatable bonds is 1. The van der Waals surface area contributed by atoms with Gasteiger partial charge in [0.25, 0.3) is 5.91 Å². The van der Waals surface area contributed by atoms with Crippen LogP contribution in [-0.2, 0) is 4.79 Å². The van der Waals surface area contributed by atoms with Gasteiger partial charge in [0.05, 0.1) is 11.4 Å². The number of hydrogen-bond acceptors (Lipinski definition) is 2. The van der Waals surface area contributed by atoms with Gasteiger partial charge in [0.15, 0.2) is 0 Å². The summed E-state index contributed by atoms with van der Waals surface area (Å²) in [6, 6.07) is 20.8. The third-order valence-electron chi connectivity index (χ3n) is 4.01. The second kappa shape index (κ2) is 5.25. The number of fused-ring (bicyclic) bond motifs is 2. The molecule has 4 rings (SSSR count). The highest BCUT2D eigenvalue weighted by Gasteiger charge is 2.27. The molecule has 3 aromatic rings. The third-order valence-corrected chi connectivity index (χ3v) is 4.01. The monoisotopic (exact) mass is 302 g/mol. The highest BCUT2D eigenvalue weighted by molar-refractivity contribution is 6.15. The standard InChI is InChI=1S/C19H14N2O2/c22-18-12-21(17-8-4-3-7-16(17)20-18)19(23)15-10-9-13-5-1-2-6-14(13)11-15/h1-11H,12H2,(H,20,22). The molecule has 0 saturated heterocycles. The summed E-state index contributed by atoms with van der Waals surface area (Å²) in [5, 5.41) is 4.88. The number of benzene rings is 3. The van der Waals surface area contributed by atoms with Crippen molar-refractivity contribution in [2.75, 3.05) is 16.8 Å². The van der Waals surface area contributed by atoms with E-state index in [1.807, 2.05) is 54.6 Å². The van der Waals surface area contributed by atoms with Crippen molar-refractivity contribution in [3.63, 3.8) is 0 Å². The maximum Gasteiger partial charge on any atom is 0.258 e. The van der Waals surface area contributed by atoms with Crippen LogP contribution in [0.2, 0.25) is 0 Å². The van der Waals surface area contributed by atoms with Gasteiger partial charge in [-0.2, -0.15) is 0 Å². The number of carbonyl (C=O) groups is 2. The van der Waals surface area contributed by atoms with Gasteiger partial charge in [0, 0.05) is 5.56 Å². The van der Waals surface area contributed by atoms with Crippen LogP contribution in [0.25, 0.3) is 10.8 Å². The van der Waals surface area contributed by atoms with Crippen molar-refractivity contribution in [2.45, 2.75) is 0 Å². The molecule has 0 atom stereocenters. The van der Waals surface area contributed by atoms with E-state index in [9.17, 15) is 9.59 Å². The van der Waals surface area contributed by atoms with E-state index in [-0.39, 0.29) is 18.4 Å². The molecule has 3 aromatic carbocycles. The van der Waals surface area contributed by atoms with E-state index >= 15 is 0 Å². The zero-order chi connectivity index (χ0) is 15.8. The molecule has 1 aliphatic rings. The lowest BCUT2D eigenvalue weighted by atomic mass is 10.1. The Morgan fingerprint density at radius 3 is 2.52 bits per heavy atom. The first-order valence-corrected chi connectivity index (χ1v) is 7.42. The zero-order valence-electron chi connectivity index (χ0n) is 12.3. The average molecular weight is 302 g/mol. The first-order chi connectivity index (χ1) is 11.2. The van der Waals surface area contributed by atoms with Gasteiger partial charge in [-0.25, -0.2) is 0 Å². The van der Waals surface area contributed by atoms with Gasteiger partial charge in [-0.15, -0.1) is 0 Å².